The molecule has 2 heterocycles. The molecule has 0 aromatic carbocycles. The maximum atomic E-state index is 13.1. The van der Waals surface area contributed by atoms with Crippen LogP contribution in [0.15, 0.2) is 23.4 Å². The smallest absolute Gasteiger partial charge is 0.244 e. The van der Waals surface area contributed by atoms with Crippen LogP contribution in [0.2, 0.25) is 0 Å². The van der Waals surface area contributed by atoms with Crippen molar-refractivity contribution in [3.05, 3.63) is 24.3 Å². The molecule has 1 fully saturated rings. The van der Waals surface area contributed by atoms with Gasteiger partial charge in [-0.1, -0.05) is 15.9 Å². The number of sulfonamides is 1. The first kappa shape index (κ1) is 14.8. The molecule has 1 aliphatic rings. The summed E-state index contributed by atoms with van der Waals surface area (Å²) in [5.74, 6) is -0.640. The van der Waals surface area contributed by atoms with Crippen LogP contribution in [0.5, 0.6) is 0 Å². The van der Waals surface area contributed by atoms with Crippen LogP contribution >= 0.6 is 15.9 Å². The standard InChI is InChI=1S/C11H15BrFN3O2S/c12-1-2-15-3-5-16(6-4-15)19(17,18)11-7-10(13)8-14-9-11/h7-9H,1-6H2. The molecule has 1 aromatic rings. The van der Waals surface area contributed by atoms with Crippen LogP contribution in [-0.4, -0.2) is 60.7 Å². The second kappa shape index (κ2) is 6.25. The van der Waals surface area contributed by atoms with Gasteiger partial charge in [-0.25, -0.2) is 12.8 Å². The van der Waals surface area contributed by atoms with Crippen molar-refractivity contribution >= 4 is 26.0 Å². The summed E-state index contributed by atoms with van der Waals surface area (Å²) in [7, 11) is -3.63. The molecular formula is C11H15BrFN3O2S. The summed E-state index contributed by atoms with van der Waals surface area (Å²) in [6.07, 6.45) is 2.18. The lowest BCUT2D eigenvalue weighted by Gasteiger charge is -2.33. The Morgan fingerprint density at radius 2 is 1.95 bits per heavy atom. The fraction of sp³-hybridized carbons (Fsp3) is 0.545. The lowest BCUT2D eigenvalue weighted by atomic mass is 10.4. The average Bonchev–Trinajstić information content (AvgIpc) is 2.40. The number of alkyl halides is 1. The predicted molar refractivity (Wildman–Crippen MR) is 73.2 cm³/mol. The van der Waals surface area contributed by atoms with Crippen LogP contribution in [0.1, 0.15) is 0 Å². The normalized spacial score (nSPS) is 18.6. The minimum Gasteiger partial charge on any atom is -0.300 e. The van der Waals surface area contributed by atoms with Gasteiger partial charge in [0.25, 0.3) is 0 Å². The SMILES string of the molecule is O=S(=O)(c1cncc(F)c1)N1CCN(CCBr)CC1. The van der Waals surface area contributed by atoms with Gasteiger partial charge in [-0.2, -0.15) is 4.31 Å². The number of hydrogen-bond donors (Lipinski definition) is 0. The topological polar surface area (TPSA) is 53.5 Å². The minimum absolute atomic E-state index is 0.0820. The fourth-order valence-electron chi connectivity index (χ4n) is 2.00. The second-order valence-corrected chi connectivity index (χ2v) is 7.00. The van der Waals surface area contributed by atoms with Crippen LogP contribution in [0.4, 0.5) is 4.39 Å². The van der Waals surface area contributed by atoms with Gasteiger partial charge in [0, 0.05) is 44.3 Å². The zero-order valence-electron chi connectivity index (χ0n) is 10.3. The number of piperazine rings is 1. The molecule has 19 heavy (non-hydrogen) atoms. The number of pyridine rings is 1. The molecule has 1 saturated heterocycles. The monoisotopic (exact) mass is 351 g/mol. The Bertz CT molecular complexity index is 532. The van der Waals surface area contributed by atoms with Gasteiger partial charge in [0.1, 0.15) is 10.7 Å². The first-order valence-electron chi connectivity index (χ1n) is 5.93. The van der Waals surface area contributed by atoms with E-state index in [-0.39, 0.29) is 4.90 Å². The summed E-state index contributed by atoms with van der Waals surface area (Å²) < 4.78 is 39.0. The molecule has 0 aliphatic carbocycles. The molecule has 0 atom stereocenters. The van der Waals surface area contributed by atoms with Crippen molar-refractivity contribution < 1.29 is 12.8 Å². The third-order valence-electron chi connectivity index (χ3n) is 3.05. The van der Waals surface area contributed by atoms with Crippen molar-refractivity contribution in [3.8, 4) is 0 Å². The van der Waals surface area contributed by atoms with Crippen LogP contribution in [0.25, 0.3) is 0 Å². The molecule has 0 radical (unpaired) electrons. The van der Waals surface area contributed by atoms with Crippen molar-refractivity contribution in [3.63, 3.8) is 0 Å². The molecule has 0 amide bonds. The van der Waals surface area contributed by atoms with Gasteiger partial charge in [0.2, 0.25) is 10.0 Å². The van der Waals surface area contributed by atoms with Gasteiger partial charge in [0.15, 0.2) is 0 Å². The average molecular weight is 352 g/mol. The molecule has 0 bridgehead atoms. The highest BCUT2D eigenvalue weighted by atomic mass is 79.9. The molecule has 5 nitrogen and oxygen atoms in total. The molecule has 0 unspecified atom stereocenters. The minimum atomic E-state index is -3.63. The molecule has 0 N–H and O–H groups in total. The van der Waals surface area contributed by atoms with Gasteiger partial charge >= 0.3 is 0 Å². The third-order valence-corrected chi connectivity index (χ3v) is 5.27. The van der Waals surface area contributed by atoms with E-state index in [0.29, 0.717) is 26.2 Å². The Hall–Kier alpha value is -0.570. The molecular weight excluding hydrogens is 337 g/mol. The zero-order valence-corrected chi connectivity index (χ0v) is 12.7. The first-order chi connectivity index (χ1) is 9.04. The number of nitrogens with zero attached hydrogens (tertiary/aromatic N) is 3. The molecule has 0 spiro atoms. The van der Waals surface area contributed by atoms with E-state index in [1.54, 1.807) is 0 Å². The van der Waals surface area contributed by atoms with Gasteiger partial charge in [0.05, 0.1) is 6.20 Å². The van der Waals surface area contributed by atoms with Crippen LogP contribution in [0.3, 0.4) is 0 Å². The Balaban J connectivity index is 2.10. The highest BCUT2D eigenvalue weighted by molar-refractivity contribution is 9.09. The fourth-order valence-corrected chi connectivity index (χ4v) is 3.89. The van der Waals surface area contributed by atoms with Gasteiger partial charge in [-0.15, -0.1) is 0 Å². The van der Waals surface area contributed by atoms with E-state index in [9.17, 15) is 12.8 Å². The summed E-state index contributed by atoms with van der Waals surface area (Å²) in [5.41, 5.74) is 0. The summed E-state index contributed by atoms with van der Waals surface area (Å²) in [5, 5.41) is 0.869. The van der Waals surface area contributed by atoms with E-state index in [4.69, 9.17) is 0 Å². The van der Waals surface area contributed by atoms with E-state index < -0.39 is 15.8 Å². The lowest BCUT2D eigenvalue weighted by Crippen LogP contribution is -2.48. The maximum Gasteiger partial charge on any atom is 0.244 e. The molecule has 2 rings (SSSR count). The van der Waals surface area contributed by atoms with Crippen molar-refractivity contribution in [2.24, 2.45) is 0 Å². The number of aromatic nitrogens is 1. The second-order valence-electron chi connectivity index (χ2n) is 4.27. The third kappa shape index (κ3) is 3.50. The molecule has 0 saturated carbocycles. The highest BCUT2D eigenvalue weighted by Crippen LogP contribution is 2.17. The van der Waals surface area contributed by atoms with Crippen LogP contribution in [0, 0.1) is 5.82 Å². The Morgan fingerprint density at radius 1 is 1.26 bits per heavy atom. The van der Waals surface area contributed by atoms with Gasteiger partial charge < -0.3 is 0 Å². The maximum absolute atomic E-state index is 13.1. The summed E-state index contributed by atoms with van der Waals surface area (Å²) >= 11 is 3.36. The van der Waals surface area contributed by atoms with Crippen LogP contribution < -0.4 is 0 Å². The van der Waals surface area contributed by atoms with Crippen molar-refractivity contribution in [2.45, 2.75) is 4.90 Å². The van der Waals surface area contributed by atoms with Crippen LogP contribution in [-0.2, 0) is 10.0 Å². The Labute approximate surface area is 120 Å². The van der Waals surface area contributed by atoms with E-state index in [0.717, 1.165) is 24.1 Å². The molecule has 106 valence electrons. The summed E-state index contributed by atoms with van der Waals surface area (Å²) in [6, 6.07) is 1.01. The zero-order chi connectivity index (χ0) is 13.9. The Morgan fingerprint density at radius 3 is 2.53 bits per heavy atom. The summed E-state index contributed by atoms with van der Waals surface area (Å²) in [4.78, 5) is 5.70. The van der Waals surface area contributed by atoms with Crippen molar-refractivity contribution in [1.29, 1.82) is 0 Å². The van der Waals surface area contributed by atoms with E-state index in [1.807, 2.05) is 0 Å². The molecule has 1 aromatic heterocycles. The highest BCUT2D eigenvalue weighted by Gasteiger charge is 2.28. The first-order valence-corrected chi connectivity index (χ1v) is 8.49. The predicted octanol–water partition coefficient (Wildman–Crippen LogP) is 0.922. The quantitative estimate of drug-likeness (QED) is 0.757. The van der Waals surface area contributed by atoms with Crippen molar-refractivity contribution in [1.82, 2.24) is 14.2 Å². The van der Waals surface area contributed by atoms with Gasteiger partial charge in [-0.3, -0.25) is 9.88 Å². The summed E-state index contributed by atoms with van der Waals surface area (Å²) in [6.45, 7) is 3.12. The lowest BCUT2D eigenvalue weighted by molar-refractivity contribution is 0.198. The van der Waals surface area contributed by atoms with E-state index in [1.165, 1.54) is 10.5 Å². The van der Waals surface area contributed by atoms with Gasteiger partial charge in [-0.05, 0) is 6.07 Å². The van der Waals surface area contributed by atoms with E-state index >= 15 is 0 Å². The number of hydrogen-bond acceptors (Lipinski definition) is 4. The molecule has 8 heteroatoms. The Kier molecular flexibility index (Phi) is 4.88. The molecule has 1 aliphatic heterocycles. The number of halogens is 2. The van der Waals surface area contributed by atoms with E-state index in [2.05, 4.69) is 25.8 Å². The number of rotatable bonds is 4. The largest absolute Gasteiger partial charge is 0.300 e. The van der Waals surface area contributed by atoms with Crippen molar-refractivity contribution in [2.75, 3.05) is 38.1 Å².